The minimum absolute atomic E-state index is 0.114. The van der Waals surface area contributed by atoms with Crippen LogP contribution in [0.25, 0.3) is 0 Å². The Kier molecular flexibility index (Phi) is 5.25. The van der Waals surface area contributed by atoms with Crippen LogP contribution in [0, 0.1) is 0 Å². The molecule has 1 heterocycles. The molecule has 0 bridgehead atoms. The highest BCUT2D eigenvalue weighted by molar-refractivity contribution is 7.89. The molecule has 1 aromatic carbocycles. The van der Waals surface area contributed by atoms with Gasteiger partial charge in [-0.3, -0.25) is 0 Å². The molecule has 1 aliphatic heterocycles. The summed E-state index contributed by atoms with van der Waals surface area (Å²) in [6.45, 7) is 0.655. The quantitative estimate of drug-likeness (QED) is 0.758. The summed E-state index contributed by atoms with van der Waals surface area (Å²) in [7, 11) is -3.14. The molecule has 2 rings (SSSR count). The molecule has 3 nitrogen and oxygen atoms in total. The van der Waals surface area contributed by atoms with Crippen LogP contribution in [0.2, 0.25) is 0 Å². The molecule has 1 fully saturated rings. The van der Waals surface area contributed by atoms with Crippen molar-refractivity contribution in [3.05, 3.63) is 35.9 Å². The van der Waals surface area contributed by atoms with E-state index in [0.29, 0.717) is 18.8 Å². The lowest BCUT2D eigenvalue weighted by molar-refractivity contribution is 0.385. The highest BCUT2D eigenvalue weighted by Crippen LogP contribution is 2.24. The molecule has 1 saturated heterocycles. The van der Waals surface area contributed by atoms with Crippen molar-refractivity contribution >= 4 is 21.6 Å². The molecule has 5 heteroatoms. The van der Waals surface area contributed by atoms with E-state index in [1.807, 2.05) is 18.2 Å². The Balaban J connectivity index is 2.05. The standard InChI is InChI=1S/C14H20ClNO2S/c15-9-5-11-19(17,18)16-10-4-8-14(16)12-13-6-2-1-3-7-13/h1-3,6-7,14H,4-5,8-12H2. The number of nitrogens with zero attached hydrogens (tertiary/aromatic N) is 1. The van der Waals surface area contributed by atoms with E-state index in [4.69, 9.17) is 11.6 Å². The topological polar surface area (TPSA) is 37.4 Å². The van der Waals surface area contributed by atoms with E-state index in [2.05, 4.69) is 12.1 Å². The van der Waals surface area contributed by atoms with E-state index in [-0.39, 0.29) is 11.8 Å². The Morgan fingerprint density at radius 2 is 2.00 bits per heavy atom. The molecule has 106 valence electrons. The van der Waals surface area contributed by atoms with Gasteiger partial charge in [-0.2, -0.15) is 4.31 Å². The summed E-state index contributed by atoms with van der Waals surface area (Å²) in [5.41, 5.74) is 1.20. The van der Waals surface area contributed by atoms with Crippen LogP contribution in [0.15, 0.2) is 30.3 Å². The molecule has 1 aliphatic rings. The van der Waals surface area contributed by atoms with Gasteiger partial charge in [-0.1, -0.05) is 30.3 Å². The second-order valence-corrected chi connectivity index (χ2v) is 7.37. The minimum atomic E-state index is -3.14. The van der Waals surface area contributed by atoms with Gasteiger partial charge in [-0.15, -0.1) is 11.6 Å². The molecule has 0 spiro atoms. The Labute approximate surface area is 120 Å². The summed E-state index contributed by atoms with van der Waals surface area (Å²) in [5.74, 6) is 0.568. The molecular weight excluding hydrogens is 282 g/mol. The number of rotatable bonds is 6. The number of sulfonamides is 1. The van der Waals surface area contributed by atoms with Crippen LogP contribution >= 0.6 is 11.6 Å². The van der Waals surface area contributed by atoms with Gasteiger partial charge < -0.3 is 0 Å². The molecular formula is C14H20ClNO2S. The Morgan fingerprint density at radius 1 is 1.26 bits per heavy atom. The molecule has 1 atom stereocenters. The second-order valence-electron chi connectivity index (χ2n) is 4.96. The van der Waals surface area contributed by atoms with Crippen LogP contribution in [0.5, 0.6) is 0 Å². The first-order chi connectivity index (χ1) is 9.13. The van der Waals surface area contributed by atoms with Gasteiger partial charge in [0.2, 0.25) is 10.0 Å². The summed E-state index contributed by atoms with van der Waals surface area (Å²) in [6, 6.07) is 10.2. The third-order valence-corrected chi connectivity index (χ3v) is 5.80. The maximum Gasteiger partial charge on any atom is 0.214 e. The second kappa shape index (κ2) is 6.73. The van der Waals surface area contributed by atoms with E-state index in [1.54, 1.807) is 4.31 Å². The minimum Gasteiger partial charge on any atom is -0.212 e. The molecule has 19 heavy (non-hydrogen) atoms. The Hall–Kier alpha value is -0.580. The zero-order valence-electron chi connectivity index (χ0n) is 11.0. The third-order valence-electron chi connectivity index (χ3n) is 3.53. The SMILES string of the molecule is O=S(=O)(CCCCl)N1CCCC1Cc1ccccc1. The number of hydrogen-bond acceptors (Lipinski definition) is 2. The van der Waals surface area contributed by atoms with E-state index in [0.717, 1.165) is 19.3 Å². The highest BCUT2D eigenvalue weighted by atomic mass is 35.5. The van der Waals surface area contributed by atoms with Crippen molar-refractivity contribution in [2.45, 2.75) is 31.7 Å². The van der Waals surface area contributed by atoms with Crippen LogP contribution in [0.1, 0.15) is 24.8 Å². The fourth-order valence-electron chi connectivity index (χ4n) is 2.62. The highest BCUT2D eigenvalue weighted by Gasteiger charge is 2.33. The third kappa shape index (κ3) is 3.94. The van der Waals surface area contributed by atoms with Crippen molar-refractivity contribution in [2.24, 2.45) is 0 Å². The van der Waals surface area contributed by atoms with Gasteiger partial charge in [-0.05, 0) is 31.2 Å². The fourth-order valence-corrected chi connectivity index (χ4v) is 4.70. The van der Waals surface area contributed by atoms with Gasteiger partial charge in [0.05, 0.1) is 5.75 Å². The zero-order chi connectivity index (χ0) is 13.7. The maximum atomic E-state index is 12.3. The van der Waals surface area contributed by atoms with Crippen LogP contribution < -0.4 is 0 Å². The van der Waals surface area contributed by atoms with E-state index < -0.39 is 10.0 Å². The maximum absolute atomic E-state index is 12.3. The molecule has 0 N–H and O–H groups in total. The molecule has 1 aromatic rings. The van der Waals surface area contributed by atoms with E-state index in [1.165, 1.54) is 5.56 Å². The summed E-state index contributed by atoms with van der Waals surface area (Å²) in [6.07, 6.45) is 3.24. The average Bonchev–Trinajstić information content (AvgIpc) is 2.87. The van der Waals surface area contributed by atoms with Crippen LogP contribution in [0.3, 0.4) is 0 Å². The fraction of sp³-hybridized carbons (Fsp3) is 0.571. The molecule has 0 aromatic heterocycles. The van der Waals surface area contributed by atoms with Crippen molar-refractivity contribution in [3.8, 4) is 0 Å². The first-order valence-corrected chi connectivity index (χ1v) is 8.87. The van der Waals surface area contributed by atoms with Crippen LogP contribution in [-0.4, -0.2) is 36.9 Å². The summed E-state index contributed by atoms with van der Waals surface area (Å²) in [4.78, 5) is 0. The molecule has 0 amide bonds. The lowest BCUT2D eigenvalue weighted by Gasteiger charge is -2.24. The molecule has 1 unspecified atom stereocenters. The van der Waals surface area contributed by atoms with E-state index >= 15 is 0 Å². The average molecular weight is 302 g/mol. The zero-order valence-corrected chi connectivity index (χ0v) is 12.5. The predicted octanol–water partition coefficient (Wildman–Crippen LogP) is 2.65. The van der Waals surface area contributed by atoms with Gasteiger partial charge in [0.15, 0.2) is 0 Å². The summed E-state index contributed by atoms with van der Waals surface area (Å²) in [5, 5.41) is 0. The number of hydrogen-bond donors (Lipinski definition) is 0. The smallest absolute Gasteiger partial charge is 0.212 e. The van der Waals surface area contributed by atoms with Gasteiger partial charge in [0.1, 0.15) is 0 Å². The first-order valence-electron chi connectivity index (χ1n) is 6.73. The number of benzene rings is 1. The monoisotopic (exact) mass is 301 g/mol. The van der Waals surface area contributed by atoms with E-state index in [9.17, 15) is 8.42 Å². The lowest BCUT2D eigenvalue weighted by Crippen LogP contribution is -2.38. The number of alkyl halides is 1. The largest absolute Gasteiger partial charge is 0.214 e. The Morgan fingerprint density at radius 3 is 2.68 bits per heavy atom. The van der Waals surface area contributed by atoms with Crippen molar-refractivity contribution in [1.82, 2.24) is 4.31 Å². The summed E-state index contributed by atoms with van der Waals surface area (Å²) >= 11 is 5.60. The lowest BCUT2D eigenvalue weighted by atomic mass is 10.1. The number of halogens is 1. The van der Waals surface area contributed by atoms with Gasteiger partial charge in [0, 0.05) is 18.5 Å². The van der Waals surface area contributed by atoms with Gasteiger partial charge in [0.25, 0.3) is 0 Å². The first kappa shape index (κ1) is 14.8. The van der Waals surface area contributed by atoms with Crippen molar-refractivity contribution in [3.63, 3.8) is 0 Å². The summed E-state index contributed by atoms with van der Waals surface area (Å²) < 4.78 is 26.2. The van der Waals surface area contributed by atoms with Gasteiger partial charge >= 0.3 is 0 Å². The molecule has 0 aliphatic carbocycles. The van der Waals surface area contributed by atoms with Crippen molar-refractivity contribution < 1.29 is 8.42 Å². The van der Waals surface area contributed by atoms with Crippen molar-refractivity contribution in [2.75, 3.05) is 18.2 Å². The Bertz CT molecular complexity index is 489. The van der Waals surface area contributed by atoms with Crippen LogP contribution in [0.4, 0.5) is 0 Å². The normalized spacial score (nSPS) is 20.8. The molecule has 0 radical (unpaired) electrons. The van der Waals surface area contributed by atoms with Crippen LogP contribution in [-0.2, 0) is 16.4 Å². The predicted molar refractivity (Wildman–Crippen MR) is 79.0 cm³/mol. The van der Waals surface area contributed by atoms with Gasteiger partial charge in [-0.25, -0.2) is 8.42 Å². The van der Waals surface area contributed by atoms with Crippen molar-refractivity contribution in [1.29, 1.82) is 0 Å². The molecule has 0 saturated carbocycles.